The highest BCUT2D eigenvalue weighted by Crippen LogP contribution is 2.13. The van der Waals surface area contributed by atoms with Crippen LogP contribution in [0.15, 0.2) is 36.9 Å². The predicted octanol–water partition coefficient (Wildman–Crippen LogP) is 3.16. The van der Waals surface area contributed by atoms with Crippen LogP contribution < -0.4 is 4.74 Å². The van der Waals surface area contributed by atoms with Crippen molar-refractivity contribution < 1.29 is 9.53 Å². The fourth-order valence-electron chi connectivity index (χ4n) is 1.31. The molecule has 0 aromatic heterocycles. The number of hydrogen-bond donors (Lipinski definition) is 0. The molecular formula is C14H18O2. The van der Waals surface area contributed by atoms with Gasteiger partial charge < -0.3 is 4.74 Å². The first-order chi connectivity index (χ1) is 7.76. The van der Waals surface area contributed by atoms with Gasteiger partial charge in [-0.3, -0.25) is 4.79 Å². The van der Waals surface area contributed by atoms with Gasteiger partial charge in [0, 0.05) is 6.42 Å². The fraction of sp³-hybridized carbons (Fsp3) is 0.357. The normalized spacial score (nSPS) is 9.81. The molecular weight excluding hydrogens is 200 g/mol. The molecule has 0 amide bonds. The molecule has 0 aliphatic carbocycles. The lowest BCUT2D eigenvalue weighted by Crippen LogP contribution is -1.99. The van der Waals surface area contributed by atoms with E-state index in [9.17, 15) is 4.79 Å². The molecule has 0 saturated heterocycles. The van der Waals surface area contributed by atoms with E-state index in [1.54, 1.807) is 0 Å². The van der Waals surface area contributed by atoms with Crippen molar-refractivity contribution in [1.29, 1.82) is 0 Å². The molecule has 1 aromatic carbocycles. The van der Waals surface area contributed by atoms with E-state index in [1.165, 1.54) is 6.08 Å². The van der Waals surface area contributed by atoms with Crippen LogP contribution in [0.25, 0.3) is 0 Å². The molecule has 16 heavy (non-hydrogen) atoms. The Balaban J connectivity index is 2.47. The Bertz CT molecular complexity index is 338. The summed E-state index contributed by atoms with van der Waals surface area (Å²) in [6, 6.07) is 7.65. The van der Waals surface area contributed by atoms with Gasteiger partial charge in [-0.1, -0.05) is 32.1 Å². The highest BCUT2D eigenvalue weighted by atomic mass is 16.5. The lowest BCUT2D eigenvalue weighted by atomic mass is 10.1. The summed E-state index contributed by atoms with van der Waals surface area (Å²) in [4.78, 5) is 11.1. The zero-order valence-electron chi connectivity index (χ0n) is 9.74. The highest BCUT2D eigenvalue weighted by Gasteiger charge is 1.99. The van der Waals surface area contributed by atoms with Crippen LogP contribution in [0.1, 0.15) is 25.3 Å². The number of rotatable bonds is 7. The molecule has 86 valence electrons. The Morgan fingerprint density at radius 2 is 2.06 bits per heavy atom. The molecule has 1 aromatic rings. The van der Waals surface area contributed by atoms with E-state index in [2.05, 4.69) is 13.5 Å². The first-order valence-corrected chi connectivity index (χ1v) is 5.63. The van der Waals surface area contributed by atoms with Gasteiger partial charge in [0.1, 0.15) is 5.75 Å². The Morgan fingerprint density at radius 1 is 1.38 bits per heavy atom. The van der Waals surface area contributed by atoms with E-state index >= 15 is 0 Å². The van der Waals surface area contributed by atoms with Crippen LogP contribution in [0.2, 0.25) is 0 Å². The summed E-state index contributed by atoms with van der Waals surface area (Å²) < 4.78 is 5.53. The van der Waals surface area contributed by atoms with Gasteiger partial charge in [0.05, 0.1) is 6.61 Å². The number of carbonyl (C=O) groups is 1. The van der Waals surface area contributed by atoms with Crippen molar-refractivity contribution >= 4 is 5.78 Å². The summed E-state index contributed by atoms with van der Waals surface area (Å²) in [7, 11) is 0. The Morgan fingerprint density at radius 3 is 2.62 bits per heavy atom. The number of unbranched alkanes of at least 4 members (excludes halogenated alkanes) is 1. The molecule has 0 saturated carbocycles. The monoisotopic (exact) mass is 218 g/mol. The maximum absolute atomic E-state index is 11.1. The van der Waals surface area contributed by atoms with Gasteiger partial charge in [-0.2, -0.15) is 0 Å². The van der Waals surface area contributed by atoms with E-state index in [0.717, 1.165) is 30.8 Å². The van der Waals surface area contributed by atoms with Crippen LogP contribution in [0.3, 0.4) is 0 Å². The molecule has 0 spiro atoms. The van der Waals surface area contributed by atoms with Crippen molar-refractivity contribution in [3.8, 4) is 5.75 Å². The van der Waals surface area contributed by atoms with Crippen LogP contribution >= 0.6 is 0 Å². The summed E-state index contributed by atoms with van der Waals surface area (Å²) in [5.41, 5.74) is 0.993. The molecule has 0 heterocycles. The molecule has 0 fully saturated rings. The third-order valence-electron chi connectivity index (χ3n) is 2.30. The molecule has 0 aliphatic rings. The molecule has 0 aliphatic heterocycles. The van der Waals surface area contributed by atoms with Crippen LogP contribution in [0, 0.1) is 0 Å². The number of ketones is 1. The molecule has 2 nitrogen and oxygen atoms in total. The second-order valence-corrected chi connectivity index (χ2v) is 3.69. The Hall–Kier alpha value is -1.57. The molecule has 0 N–H and O–H groups in total. The summed E-state index contributed by atoms with van der Waals surface area (Å²) >= 11 is 0. The summed E-state index contributed by atoms with van der Waals surface area (Å²) in [5.74, 6) is 0.905. The van der Waals surface area contributed by atoms with Gasteiger partial charge in [0.2, 0.25) is 0 Å². The average Bonchev–Trinajstić information content (AvgIpc) is 2.31. The van der Waals surface area contributed by atoms with Gasteiger partial charge in [-0.15, -0.1) is 0 Å². The number of ether oxygens (including phenoxy) is 1. The lowest BCUT2D eigenvalue weighted by molar-refractivity contribution is -0.114. The van der Waals surface area contributed by atoms with Crippen molar-refractivity contribution in [1.82, 2.24) is 0 Å². The minimum atomic E-state index is 0.0413. The van der Waals surface area contributed by atoms with Crippen molar-refractivity contribution in [3.63, 3.8) is 0 Å². The molecule has 0 radical (unpaired) electrons. The third-order valence-corrected chi connectivity index (χ3v) is 2.30. The van der Waals surface area contributed by atoms with Gasteiger partial charge in [0.15, 0.2) is 5.78 Å². The SMILES string of the molecule is C=CC(=O)Cc1ccc(OCCCC)cc1. The van der Waals surface area contributed by atoms with Crippen molar-refractivity contribution in [3.05, 3.63) is 42.5 Å². The molecule has 1 rings (SSSR count). The number of hydrogen-bond acceptors (Lipinski definition) is 2. The average molecular weight is 218 g/mol. The third kappa shape index (κ3) is 4.30. The van der Waals surface area contributed by atoms with E-state index in [1.807, 2.05) is 24.3 Å². The maximum atomic E-state index is 11.1. The highest BCUT2D eigenvalue weighted by molar-refractivity contribution is 5.90. The predicted molar refractivity (Wildman–Crippen MR) is 65.8 cm³/mol. The second-order valence-electron chi connectivity index (χ2n) is 3.69. The zero-order valence-corrected chi connectivity index (χ0v) is 9.74. The summed E-state index contributed by atoms with van der Waals surface area (Å²) in [6.07, 6.45) is 3.97. The summed E-state index contributed by atoms with van der Waals surface area (Å²) in [6.45, 7) is 6.33. The fourth-order valence-corrected chi connectivity index (χ4v) is 1.31. The van der Waals surface area contributed by atoms with Gasteiger partial charge >= 0.3 is 0 Å². The number of allylic oxidation sites excluding steroid dienone is 1. The quantitative estimate of drug-likeness (QED) is 0.519. The lowest BCUT2D eigenvalue weighted by Gasteiger charge is -2.05. The summed E-state index contributed by atoms with van der Waals surface area (Å²) in [5, 5.41) is 0. The van der Waals surface area contributed by atoms with Crippen LogP contribution in [0.5, 0.6) is 5.75 Å². The van der Waals surface area contributed by atoms with E-state index in [-0.39, 0.29) is 5.78 Å². The zero-order chi connectivity index (χ0) is 11.8. The van der Waals surface area contributed by atoms with E-state index in [4.69, 9.17) is 4.74 Å². The maximum Gasteiger partial charge on any atom is 0.159 e. The van der Waals surface area contributed by atoms with Crippen molar-refractivity contribution in [2.45, 2.75) is 26.2 Å². The standard InChI is InChI=1S/C14H18O2/c1-3-5-10-16-14-8-6-12(7-9-14)11-13(15)4-2/h4,6-9H,2-3,5,10-11H2,1H3. The van der Waals surface area contributed by atoms with Gasteiger partial charge in [0.25, 0.3) is 0 Å². The molecule has 0 bridgehead atoms. The van der Waals surface area contributed by atoms with Crippen molar-refractivity contribution in [2.75, 3.05) is 6.61 Å². The van der Waals surface area contributed by atoms with Gasteiger partial charge in [-0.25, -0.2) is 0 Å². The van der Waals surface area contributed by atoms with E-state index < -0.39 is 0 Å². The topological polar surface area (TPSA) is 26.3 Å². The van der Waals surface area contributed by atoms with Crippen LogP contribution in [-0.4, -0.2) is 12.4 Å². The molecule has 0 unspecified atom stereocenters. The second kappa shape index (κ2) is 6.83. The first-order valence-electron chi connectivity index (χ1n) is 5.63. The Kier molecular flexibility index (Phi) is 5.34. The number of carbonyl (C=O) groups excluding carboxylic acids is 1. The minimum absolute atomic E-state index is 0.0413. The van der Waals surface area contributed by atoms with Gasteiger partial charge in [-0.05, 0) is 30.2 Å². The van der Waals surface area contributed by atoms with E-state index in [0.29, 0.717) is 6.42 Å². The largest absolute Gasteiger partial charge is 0.494 e. The minimum Gasteiger partial charge on any atom is -0.494 e. The molecule has 0 atom stereocenters. The smallest absolute Gasteiger partial charge is 0.159 e. The van der Waals surface area contributed by atoms with Crippen molar-refractivity contribution in [2.24, 2.45) is 0 Å². The number of benzene rings is 1. The van der Waals surface area contributed by atoms with Crippen LogP contribution in [-0.2, 0) is 11.2 Å². The molecule has 2 heteroatoms. The Labute approximate surface area is 96.9 Å². The van der Waals surface area contributed by atoms with Crippen LogP contribution in [0.4, 0.5) is 0 Å². The first kappa shape index (κ1) is 12.5.